The Morgan fingerprint density at radius 3 is 1.17 bits per heavy atom. The van der Waals surface area contributed by atoms with Crippen LogP contribution in [0.3, 0.4) is 0 Å². The van der Waals surface area contributed by atoms with E-state index in [1.54, 1.807) is 24.3 Å². The molecule has 12 nitrogen and oxygen atoms in total. The van der Waals surface area contributed by atoms with Crippen LogP contribution in [-0.2, 0) is 9.59 Å². The highest BCUT2D eigenvalue weighted by molar-refractivity contribution is 5.87. The van der Waals surface area contributed by atoms with Crippen LogP contribution in [-0.4, -0.2) is 66.9 Å². The van der Waals surface area contributed by atoms with Crippen LogP contribution in [0, 0.1) is 0 Å². The van der Waals surface area contributed by atoms with Gasteiger partial charge in [-0.1, -0.05) is 0 Å². The molecule has 12 heteroatoms. The number of amides is 2. The summed E-state index contributed by atoms with van der Waals surface area (Å²) in [4.78, 5) is 24.1. The molecule has 194 valence electrons. The smallest absolute Gasteiger partial charge is 0.240 e. The van der Waals surface area contributed by atoms with Crippen LogP contribution in [0.5, 0.6) is 34.5 Å². The zero-order valence-corrected chi connectivity index (χ0v) is 21.0. The summed E-state index contributed by atoms with van der Waals surface area (Å²) in [5.41, 5.74) is 5.96. The molecule has 2 amide bonds. The van der Waals surface area contributed by atoms with Crippen molar-refractivity contribution < 1.29 is 38.0 Å². The van der Waals surface area contributed by atoms with Crippen molar-refractivity contribution in [3.8, 4) is 34.5 Å². The van der Waals surface area contributed by atoms with Crippen LogP contribution in [0.15, 0.2) is 34.5 Å². The SMILES string of the molecule is COc1cc(/C=N/NC(=O)CCC(=O)N/N=C/c2cc(OC)c(OC)c(OC)c2)cc(OC)c1OC. The van der Waals surface area contributed by atoms with Crippen molar-refractivity contribution in [1.82, 2.24) is 10.9 Å². The summed E-state index contributed by atoms with van der Waals surface area (Å²) in [6.45, 7) is 0. The normalized spacial score (nSPS) is 10.7. The van der Waals surface area contributed by atoms with Gasteiger partial charge in [0.1, 0.15) is 0 Å². The Labute approximate surface area is 209 Å². The quantitative estimate of drug-likeness (QED) is 0.314. The first-order chi connectivity index (χ1) is 17.4. The van der Waals surface area contributed by atoms with Gasteiger partial charge in [0.25, 0.3) is 0 Å². The zero-order chi connectivity index (χ0) is 26.5. The van der Waals surface area contributed by atoms with Crippen LogP contribution in [0.4, 0.5) is 0 Å². The first kappa shape index (κ1) is 27.8. The summed E-state index contributed by atoms with van der Waals surface area (Å²) < 4.78 is 31.6. The molecule has 0 aliphatic heterocycles. The second-order valence-electron chi connectivity index (χ2n) is 7.00. The van der Waals surface area contributed by atoms with Crippen LogP contribution in [0.1, 0.15) is 24.0 Å². The first-order valence-corrected chi connectivity index (χ1v) is 10.6. The predicted octanol–water partition coefficient (Wildman–Crippen LogP) is 2.12. The molecule has 0 aromatic heterocycles. The highest BCUT2D eigenvalue weighted by Crippen LogP contribution is 2.38. The second-order valence-corrected chi connectivity index (χ2v) is 7.00. The summed E-state index contributed by atoms with van der Waals surface area (Å²) in [5, 5.41) is 7.81. The molecular weight excluding hydrogens is 472 g/mol. The van der Waals surface area contributed by atoms with Crippen LogP contribution in [0.2, 0.25) is 0 Å². The monoisotopic (exact) mass is 502 g/mol. The third kappa shape index (κ3) is 7.52. The van der Waals surface area contributed by atoms with Crippen LogP contribution < -0.4 is 39.3 Å². The average molecular weight is 503 g/mol. The Balaban J connectivity index is 1.87. The highest BCUT2D eigenvalue weighted by atomic mass is 16.5. The number of methoxy groups -OCH3 is 6. The maximum atomic E-state index is 12.0. The lowest BCUT2D eigenvalue weighted by Gasteiger charge is -2.12. The van der Waals surface area contributed by atoms with Gasteiger partial charge in [0, 0.05) is 24.0 Å². The molecule has 0 radical (unpaired) electrons. The fraction of sp³-hybridized carbons (Fsp3) is 0.333. The summed E-state index contributed by atoms with van der Waals surface area (Å²) >= 11 is 0. The maximum absolute atomic E-state index is 12.0. The van der Waals surface area contributed by atoms with Crippen molar-refractivity contribution in [3.63, 3.8) is 0 Å². The Morgan fingerprint density at radius 1 is 0.611 bits per heavy atom. The molecule has 36 heavy (non-hydrogen) atoms. The van der Waals surface area contributed by atoms with E-state index < -0.39 is 11.8 Å². The number of hydrazone groups is 2. The molecule has 0 aliphatic rings. The number of rotatable bonds is 13. The van der Waals surface area contributed by atoms with Gasteiger partial charge in [-0.15, -0.1) is 0 Å². The Hall–Kier alpha value is -4.48. The Bertz CT molecular complexity index is 980. The van der Waals surface area contributed by atoms with E-state index in [1.165, 1.54) is 55.1 Å². The number of benzene rings is 2. The van der Waals surface area contributed by atoms with Gasteiger partial charge in [-0.05, 0) is 24.3 Å². The molecule has 0 unspecified atom stereocenters. The third-order valence-electron chi connectivity index (χ3n) is 4.76. The molecule has 0 saturated heterocycles. The molecule has 2 N–H and O–H groups in total. The molecular formula is C24H30N4O8. The molecule has 0 fully saturated rings. The Morgan fingerprint density at radius 2 is 0.917 bits per heavy atom. The molecule has 0 atom stereocenters. The second kappa shape index (κ2) is 14.0. The lowest BCUT2D eigenvalue weighted by molar-refractivity contribution is -0.126. The fourth-order valence-corrected chi connectivity index (χ4v) is 3.05. The van der Waals surface area contributed by atoms with Crippen molar-refractivity contribution in [1.29, 1.82) is 0 Å². The molecule has 0 bridgehead atoms. The minimum Gasteiger partial charge on any atom is -0.493 e. The molecule has 2 rings (SSSR count). The van der Waals surface area contributed by atoms with E-state index in [9.17, 15) is 9.59 Å². The fourth-order valence-electron chi connectivity index (χ4n) is 3.05. The van der Waals surface area contributed by atoms with Crippen molar-refractivity contribution in [2.24, 2.45) is 10.2 Å². The van der Waals surface area contributed by atoms with E-state index in [0.29, 0.717) is 45.6 Å². The zero-order valence-electron chi connectivity index (χ0n) is 21.0. The van der Waals surface area contributed by atoms with E-state index in [1.807, 2.05) is 0 Å². The summed E-state index contributed by atoms with van der Waals surface area (Å²) in [5.74, 6) is 1.81. The average Bonchev–Trinajstić information content (AvgIpc) is 2.90. The van der Waals surface area contributed by atoms with Gasteiger partial charge in [-0.2, -0.15) is 10.2 Å². The van der Waals surface area contributed by atoms with E-state index in [2.05, 4.69) is 21.1 Å². The van der Waals surface area contributed by atoms with Gasteiger partial charge in [0.15, 0.2) is 23.0 Å². The predicted molar refractivity (Wildman–Crippen MR) is 133 cm³/mol. The topological polar surface area (TPSA) is 138 Å². The van der Waals surface area contributed by atoms with E-state index in [0.717, 1.165) is 0 Å². The standard InChI is InChI=1S/C24H30N4O8/c1-31-17-9-15(10-18(32-2)23(17)35-5)13-25-27-21(29)7-8-22(30)28-26-14-16-11-19(33-3)24(36-6)20(12-16)34-4/h9-14H,7-8H2,1-6H3,(H,27,29)(H,28,30)/b25-13+,26-14+. The number of nitrogens with one attached hydrogen (secondary N) is 2. The van der Waals surface area contributed by atoms with Gasteiger partial charge in [0.05, 0.1) is 55.1 Å². The van der Waals surface area contributed by atoms with E-state index in [-0.39, 0.29) is 12.8 Å². The van der Waals surface area contributed by atoms with Gasteiger partial charge in [-0.25, -0.2) is 10.9 Å². The third-order valence-corrected chi connectivity index (χ3v) is 4.76. The summed E-state index contributed by atoms with van der Waals surface area (Å²) in [7, 11) is 9.01. The number of carbonyl (C=O) groups is 2. The van der Waals surface area contributed by atoms with Gasteiger partial charge in [-0.3, -0.25) is 9.59 Å². The molecule has 0 saturated carbocycles. The number of hydrogen-bond donors (Lipinski definition) is 2. The van der Waals surface area contributed by atoms with Crippen molar-refractivity contribution in [2.75, 3.05) is 42.7 Å². The van der Waals surface area contributed by atoms with Crippen LogP contribution in [0.25, 0.3) is 0 Å². The van der Waals surface area contributed by atoms with Crippen molar-refractivity contribution >= 4 is 24.2 Å². The highest BCUT2D eigenvalue weighted by Gasteiger charge is 2.13. The van der Waals surface area contributed by atoms with Gasteiger partial charge >= 0.3 is 0 Å². The van der Waals surface area contributed by atoms with Crippen LogP contribution >= 0.6 is 0 Å². The first-order valence-electron chi connectivity index (χ1n) is 10.6. The van der Waals surface area contributed by atoms with E-state index in [4.69, 9.17) is 28.4 Å². The summed E-state index contributed by atoms with van der Waals surface area (Å²) in [6, 6.07) is 6.71. The minimum atomic E-state index is -0.442. The van der Waals surface area contributed by atoms with E-state index >= 15 is 0 Å². The minimum absolute atomic E-state index is 0.0852. The molecule has 0 spiro atoms. The molecule has 0 aliphatic carbocycles. The Kier molecular flexibility index (Phi) is 10.8. The lowest BCUT2D eigenvalue weighted by Crippen LogP contribution is -2.22. The van der Waals surface area contributed by atoms with Crippen molar-refractivity contribution in [2.45, 2.75) is 12.8 Å². The van der Waals surface area contributed by atoms with Gasteiger partial charge in [0.2, 0.25) is 23.3 Å². The number of carbonyl (C=O) groups excluding carboxylic acids is 2. The number of ether oxygens (including phenoxy) is 6. The number of hydrogen-bond acceptors (Lipinski definition) is 10. The number of nitrogens with zero attached hydrogens (tertiary/aromatic N) is 2. The molecule has 0 heterocycles. The largest absolute Gasteiger partial charge is 0.493 e. The van der Waals surface area contributed by atoms with Crippen molar-refractivity contribution in [3.05, 3.63) is 35.4 Å². The molecule has 2 aromatic rings. The maximum Gasteiger partial charge on any atom is 0.240 e. The van der Waals surface area contributed by atoms with Gasteiger partial charge < -0.3 is 28.4 Å². The molecule has 2 aromatic carbocycles. The lowest BCUT2D eigenvalue weighted by atomic mass is 10.2. The summed E-state index contributed by atoms with van der Waals surface area (Å²) in [6.07, 6.45) is 2.67.